The van der Waals surface area contributed by atoms with Gasteiger partial charge in [0.15, 0.2) is 26.7 Å². The number of benzene rings is 2. The Morgan fingerprint density at radius 3 is 2.07 bits per heavy atom. The van der Waals surface area contributed by atoms with Gasteiger partial charge in [-0.1, -0.05) is 17.7 Å². The molecule has 0 aliphatic carbocycles. The Labute approximate surface area is 164 Å². The van der Waals surface area contributed by atoms with Gasteiger partial charge < -0.3 is 14.2 Å². The van der Waals surface area contributed by atoms with Crippen molar-refractivity contribution in [3.8, 4) is 17.2 Å². The van der Waals surface area contributed by atoms with Gasteiger partial charge in [-0.05, 0) is 43.2 Å². The summed E-state index contributed by atoms with van der Waals surface area (Å²) in [5.74, 6) is -0.0139. The number of amides is 1. The molecule has 0 unspecified atom stereocenters. The Morgan fingerprint density at radius 2 is 1.57 bits per heavy atom. The molecule has 0 saturated carbocycles. The first-order chi connectivity index (χ1) is 13.2. The third-order valence-electron chi connectivity index (χ3n) is 4.75. The van der Waals surface area contributed by atoms with Crippen LogP contribution in [0.15, 0.2) is 30.3 Å². The number of ether oxygens (including phenoxy) is 3. The number of aryl methyl sites for hydroxylation is 2. The second kappa shape index (κ2) is 7.35. The quantitative estimate of drug-likeness (QED) is 0.761. The molecule has 1 heterocycles. The van der Waals surface area contributed by atoms with Gasteiger partial charge in [-0.2, -0.15) is 0 Å². The van der Waals surface area contributed by atoms with E-state index in [0.717, 1.165) is 11.1 Å². The Kier molecular flexibility index (Phi) is 5.25. The molecular formula is C20H23NO6S. The topological polar surface area (TPSA) is 82.1 Å². The molecule has 3 rings (SSSR count). The summed E-state index contributed by atoms with van der Waals surface area (Å²) in [5.41, 5.74) is 2.79. The average Bonchev–Trinajstić information content (AvgIpc) is 2.88. The van der Waals surface area contributed by atoms with E-state index in [4.69, 9.17) is 14.2 Å². The van der Waals surface area contributed by atoms with E-state index >= 15 is 0 Å². The van der Waals surface area contributed by atoms with E-state index in [-0.39, 0.29) is 0 Å². The van der Waals surface area contributed by atoms with Crippen molar-refractivity contribution in [2.45, 2.75) is 19.2 Å². The van der Waals surface area contributed by atoms with Crippen molar-refractivity contribution in [3.05, 3.63) is 47.0 Å². The van der Waals surface area contributed by atoms with Crippen molar-refractivity contribution < 1.29 is 27.4 Å². The highest BCUT2D eigenvalue weighted by molar-refractivity contribution is 7.93. The van der Waals surface area contributed by atoms with Gasteiger partial charge in [0.05, 0.1) is 21.3 Å². The average molecular weight is 405 g/mol. The minimum atomic E-state index is -3.76. The van der Waals surface area contributed by atoms with Crippen LogP contribution in [0, 0.1) is 13.8 Å². The van der Waals surface area contributed by atoms with Gasteiger partial charge in [0.2, 0.25) is 11.7 Å². The highest BCUT2D eigenvalue weighted by atomic mass is 32.2. The summed E-state index contributed by atoms with van der Waals surface area (Å²) in [4.78, 5) is 14.0. The first-order valence-electron chi connectivity index (χ1n) is 8.64. The normalized spacial score (nSPS) is 18.2. The molecule has 7 nitrogen and oxygen atoms in total. The molecule has 1 aliphatic rings. The number of hydrogen-bond acceptors (Lipinski definition) is 6. The van der Waals surface area contributed by atoms with E-state index in [0.29, 0.717) is 28.5 Å². The van der Waals surface area contributed by atoms with Crippen LogP contribution in [0.5, 0.6) is 17.2 Å². The number of sulfone groups is 1. The Hall–Kier alpha value is -2.74. The van der Waals surface area contributed by atoms with Gasteiger partial charge in [-0.15, -0.1) is 0 Å². The summed E-state index contributed by atoms with van der Waals surface area (Å²) in [5, 5.41) is -1.17. The van der Waals surface area contributed by atoms with Gasteiger partial charge >= 0.3 is 0 Å². The van der Waals surface area contributed by atoms with Crippen LogP contribution >= 0.6 is 0 Å². The van der Waals surface area contributed by atoms with Crippen LogP contribution in [0.4, 0.5) is 5.69 Å². The number of carbonyl (C=O) groups excluding carboxylic acids is 1. The summed E-state index contributed by atoms with van der Waals surface area (Å²) >= 11 is 0. The van der Waals surface area contributed by atoms with Crippen molar-refractivity contribution in [2.24, 2.45) is 0 Å². The maximum absolute atomic E-state index is 12.9. The largest absolute Gasteiger partial charge is 0.493 e. The molecule has 0 N–H and O–H groups in total. The lowest BCUT2D eigenvalue weighted by Crippen LogP contribution is -2.29. The standard InChI is InChI=1S/C20H23NO6S/c1-12-6-7-15(13(2)8-12)21-18(22)11-28(23,24)20(21)14-9-16(25-3)19(27-5)17(10-14)26-4/h6-10,20H,11H2,1-5H3/t20-/m0/s1. The molecule has 28 heavy (non-hydrogen) atoms. The molecular weight excluding hydrogens is 382 g/mol. The van der Waals surface area contributed by atoms with Gasteiger partial charge in [0, 0.05) is 5.69 Å². The molecule has 8 heteroatoms. The first kappa shape index (κ1) is 20.0. The smallest absolute Gasteiger partial charge is 0.243 e. The molecule has 0 aromatic heterocycles. The maximum atomic E-state index is 12.9. The number of methoxy groups -OCH3 is 3. The number of anilines is 1. The van der Waals surface area contributed by atoms with Crippen LogP contribution in [0.2, 0.25) is 0 Å². The van der Waals surface area contributed by atoms with Gasteiger partial charge in [-0.25, -0.2) is 8.42 Å². The van der Waals surface area contributed by atoms with E-state index in [2.05, 4.69) is 0 Å². The molecule has 1 fully saturated rings. The number of nitrogens with zero attached hydrogens (tertiary/aromatic N) is 1. The summed E-state index contributed by atoms with van der Waals surface area (Å²) in [6.07, 6.45) is 0. The lowest BCUT2D eigenvalue weighted by molar-refractivity contribution is -0.115. The van der Waals surface area contributed by atoms with E-state index in [9.17, 15) is 13.2 Å². The fourth-order valence-electron chi connectivity index (χ4n) is 3.55. The minimum Gasteiger partial charge on any atom is -0.493 e. The second-order valence-electron chi connectivity index (χ2n) is 6.67. The predicted molar refractivity (Wildman–Crippen MR) is 106 cm³/mol. The molecule has 1 atom stereocenters. The van der Waals surface area contributed by atoms with Crippen LogP contribution in [0.25, 0.3) is 0 Å². The molecule has 2 aromatic carbocycles. The van der Waals surface area contributed by atoms with Gasteiger partial charge in [-0.3, -0.25) is 9.69 Å². The molecule has 0 radical (unpaired) electrons. The lowest BCUT2D eigenvalue weighted by Gasteiger charge is -2.26. The molecule has 0 bridgehead atoms. The van der Waals surface area contributed by atoms with Crippen molar-refractivity contribution in [2.75, 3.05) is 32.0 Å². The van der Waals surface area contributed by atoms with Crippen LogP contribution in [-0.4, -0.2) is 41.4 Å². The molecule has 1 amide bonds. The van der Waals surface area contributed by atoms with Crippen molar-refractivity contribution in [3.63, 3.8) is 0 Å². The summed E-state index contributed by atoms with van der Waals surface area (Å²) in [6, 6.07) is 8.68. The van der Waals surface area contributed by atoms with E-state index in [1.165, 1.54) is 26.2 Å². The fraction of sp³-hybridized carbons (Fsp3) is 0.350. The van der Waals surface area contributed by atoms with E-state index < -0.39 is 26.9 Å². The highest BCUT2D eigenvalue weighted by Crippen LogP contribution is 2.45. The molecule has 0 spiro atoms. The lowest BCUT2D eigenvalue weighted by atomic mass is 10.1. The number of hydrogen-bond donors (Lipinski definition) is 0. The van der Waals surface area contributed by atoms with Crippen molar-refractivity contribution >= 4 is 21.4 Å². The van der Waals surface area contributed by atoms with Crippen LogP contribution < -0.4 is 19.1 Å². The second-order valence-corrected chi connectivity index (χ2v) is 8.73. The number of rotatable bonds is 5. The van der Waals surface area contributed by atoms with Crippen LogP contribution in [0.3, 0.4) is 0 Å². The fourth-order valence-corrected chi connectivity index (χ4v) is 5.29. The summed E-state index contributed by atoms with van der Waals surface area (Å²) in [7, 11) is 0.623. The van der Waals surface area contributed by atoms with E-state index in [1.54, 1.807) is 18.2 Å². The summed E-state index contributed by atoms with van der Waals surface area (Å²) in [6.45, 7) is 3.79. The predicted octanol–water partition coefficient (Wildman–Crippen LogP) is 2.79. The van der Waals surface area contributed by atoms with Crippen LogP contribution in [0.1, 0.15) is 22.1 Å². The number of carbonyl (C=O) groups is 1. The zero-order valence-electron chi connectivity index (χ0n) is 16.5. The minimum absolute atomic E-state index is 0.326. The van der Waals surface area contributed by atoms with Crippen LogP contribution in [-0.2, 0) is 14.6 Å². The molecule has 1 aliphatic heterocycles. The Morgan fingerprint density at radius 1 is 0.964 bits per heavy atom. The maximum Gasteiger partial charge on any atom is 0.243 e. The van der Waals surface area contributed by atoms with Gasteiger partial charge in [0.1, 0.15) is 5.75 Å². The van der Waals surface area contributed by atoms with E-state index in [1.807, 2.05) is 26.0 Å². The monoisotopic (exact) mass is 405 g/mol. The first-order valence-corrected chi connectivity index (χ1v) is 10.4. The Balaban J connectivity index is 2.23. The summed E-state index contributed by atoms with van der Waals surface area (Å²) < 4.78 is 41.8. The third kappa shape index (κ3) is 3.28. The SMILES string of the molecule is COc1cc([C@H]2N(c3ccc(C)cc3C)C(=O)CS2(=O)=O)cc(OC)c1OC. The zero-order chi connectivity index (χ0) is 20.6. The molecule has 150 valence electrons. The molecule has 2 aromatic rings. The highest BCUT2D eigenvalue weighted by Gasteiger charge is 2.46. The van der Waals surface area contributed by atoms with Gasteiger partial charge in [0.25, 0.3) is 0 Å². The zero-order valence-corrected chi connectivity index (χ0v) is 17.3. The Bertz CT molecular complexity index is 1010. The van der Waals surface area contributed by atoms with Crippen molar-refractivity contribution in [1.82, 2.24) is 0 Å². The van der Waals surface area contributed by atoms with Crippen molar-refractivity contribution in [1.29, 1.82) is 0 Å². The molecule has 1 saturated heterocycles. The third-order valence-corrected chi connectivity index (χ3v) is 6.56.